The molecule has 2 aromatic carbocycles. The van der Waals surface area contributed by atoms with Crippen molar-refractivity contribution in [3.8, 4) is 11.5 Å². The third-order valence-electron chi connectivity index (χ3n) is 4.47. The zero-order chi connectivity index (χ0) is 19.5. The smallest absolute Gasteiger partial charge is 0.255 e. The topological polar surface area (TPSA) is 72.5 Å². The van der Waals surface area contributed by atoms with Gasteiger partial charge in [0.2, 0.25) is 0 Å². The Balaban J connectivity index is 1.50. The number of pyridine rings is 1. The SMILES string of the molecule is Cc1ccc(Nc2cc(C(=O)Nc3ccc4c(c3)OCCO4)ccn2)c(C)c1. The number of amides is 1. The standard InChI is InChI=1S/C22H21N3O3/c1-14-3-5-18(15(2)11-14)25-21-12-16(7-8-23-21)22(26)24-17-4-6-19-20(13-17)28-10-9-27-19/h3-8,11-13H,9-10H2,1-2H3,(H,23,25)(H,24,26). The molecule has 0 saturated heterocycles. The van der Waals surface area contributed by atoms with Crippen LogP contribution in [0.3, 0.4) is 0 Å². The van der Waals surface area contributed by atoms with Gasteiger partial charge in [0.1, 0.15) is 19.0 Å². The van der Waals surface area contributed by atoms with Gasteiger partial charge in [-0.2, -0.15) is 0 Å². The third kappa shape index (κ3) is 3.91. The van der Waals surface area contributed by atoms with Crippen LogP contribution < -0.4 is 20.1 Å². The zero-order valence-electron chi connectivity index (χ0n) is 15.8. The normalized spacial score (nSPS) is 12.4. The van der Waals surface area contributed by atoms with Gasteiger partial charge in [0, 0.05) is 29.2 Å². The third-order valence-corrected chi connectivity index (χ3v) is 4.47. The van der Waals surface area contributed by atoms with Gasteiger partial charge in [-0.15, -0.1) is 0 Å². The van der Waals surface area contributed by atoms with Gasteiger partial charge in [-0.1, -0.05) is 17.7 Å². The molecule has 0 bridgehead atoms. The summed E-state index contributed by atoms with van der Waals surface area (Å²) in [4.78, 5) is 17.0. The number of nitrogens with one attached hydrogen (secondary N) is 2. The van der Waals surface area contributed by atoms with Crippen LogP contribution in [0, 0.1) is 13.8 Å². The largest absolute Gasteiger partial charge is 0.486 e. The molecule has 3 aromatic rings. The summed E-state index contributed by atoms with van der Waals surface area (Å²) < 4.78 is 11.1. The highest BCUT2D eigenvalue weighted by Gasteiger charge is 2.14. The van der Waals surface area contributed by atoms with Gasteiger partial charge in [-0.25, -0.2) is 4.98 Å². The number of carbonyl (C=O) groups excluding carboxylic acids is 1. The lowest BCUT2D eigenvalue weighted by molar-refractivity contribution is 0.102. The average Bonchev–Trinajstić information content (AvgIpc) is 2.70. The van der Waals surface area contributed by atoms with Crippen LogP contribution in [-0.2, 0) is 0 Å². The van der Waals surface area contributed by atoms with Crippen LogP contribution in [0.2, 0.25) is 0 Å². The Morgan fingerprint density at radius 1 is 0.964 bits per heavy atom. The van der Waals surface area contributed by atoms with E-state index in [9.17, 15) is 4.79 Å². The molecule has 1 aliphatic rings. The Labute approximate surface area is 163 Å². The summed E-state index contributed by atoms with van der Waals surface area (Å²) in [7, 11) is 0. The first-order valence-corrected chi connectivity index (χ1v) is 9.10. The maximum Gasteiger partial charge on any atom is 0.255 e. The molecule has 0 saturated carbocycles. The van der Waals surface area contributed by atoms with Crippen molar-refractivity contribution in [2.24, 2.45) is 0 Å². The van der Waals surface area contributed by atoms with Crippen LogP contribution in [0.4, 0.5) is 17.2 Å². The van der Waals surface area contributed by atoms with Crippen molar-refractivity contribution in [1.29, 1.82) is 0 Å². The molecule has 1 amide bonds. The number of nitrogens with zero attached hydrogens (tertiary/aromatic N) is 1. The highest BCUT2D eigenvalue weighted by atomic mass is 16.6. The summed E-state index contributed by atoms with van der Waals surface area (Å²) in [5.41, 5.74) is 4.44. The van der Waals surface area contributed by atoms with Gasteiger partial charge >= 0.3 is 0 Å². The molecule has 0 fully saturated rings. The zero-order valence-corrected chi connectivity index (χ0v) is 15.8. The Morgan fingerprint density at radius 3 is 2.61 bits per heavy atom. The highest BCUT2D eigenvalue weighted by Crippen LogP contribution is 2.32. The first-order valence-electron chi connectivity index (χ1n) is 9.10. The molecule has 0 unspecified atom stereocenters. The fraction of sp³-hybridized carbons (Fsp3) is 0.182. The molecule has 6 nitrogen and oxygen atoms in total. The Kier molecular flexibility index (Phi) is 4.85. The molecular weight excluding hydrogens is 354 g/mol. The van der Waals surface area contributed by atoms with Gasteiger partial charge in [0.15, 0.2) is 11.5 Å². The molecule has 0 spiro atoms. The molecule has 2 heterocycles. The van der Waals surface area contributed by atoms with Crippen molar-refractivity contribution < 1.29 is 14.3 Å². The van der Waals surface area contributed by atoms with Gasteiger partial charge in [0.25, 0.3) is 5.91 Å². The van der Waals surface area contributed by atoms with Crippen molar-refractivity contribution in [1.82, 2.24) is 4.98 Å². The lowest BCUT2D eigenvalue weighted by Crippen LogP contribution is -2.16. The summed E-state index contributed by atoms with van der Waals surface area (Å²) in [6.07, 6.45) is 1.62. The van der Waals surface area contributed by atoms with Crippen LogP contribution >= 0.6 is 0 Å². The summed E-state index contributed by atoms with van der Waals surface area (Å²) in [5, 5.41) is 6.16. The number of hydrogen-bond donors (Lipinski definition) is 2. The van der Waals surface area contributed by atoms with E-state index in [0.717, 1.165) is 11.3 Å². The van der Waals surface area contributed by atoms with Crippen molar-refractivity contribution in [3.05, 3.63) is 71.4 Å². The van der Waals surface area contributed by atoms with Crippen LogP contribution in [-0.4, -0.2) is 24.1 Å². The monoisotopic (exact) mass is 375 g/mol. The molecule has 4 rings (SSSR count). The van der Waals surface area contributed by atoms with Crippen molar-refractivity contribution in [2.75, 3.05) is 23.8 Å². The summed E-state index contributed by atoms with van der Waals surface area (Å²) >= 11 is 0. The van der Waals surface area contributed by atoms with E-state index in [1.807, 2.05) is 19.1 Å². The number of hydrogen-bond acceptors (Lipinski definition) is 5. The number of anilines is 3. The second-order valence-corrected chi connectivity index (χ2v) is 6.69. The van der Waals surface area contributed by atoms with Crippen LogP contribution in [0.1, 0.15) is 21.5 Å². The van der Waals surface area contributed by atoms with Crippen molar-refractivity contribution >= 4 is 23.1 Å². The molecule has 28 heavy (non-hydrogen) atoms. The average molecular weight is 375 g/mol. The summed E-state index contributed by atoms with van der Waals surface area (Å²) in [5.74, 6) is 1.72. The van der Waals surface area contributed by atoms with Crippen molar-refractivity contribution in [3.63, 3.8) is 0 Å². The Hall–Kier alpha value is -3.54. The molecule has 0 atom stereocenters. The van der Waals surface area contributed by atoms with Gasteiger partial charge < -0.3 is 20.1 Å². The number of ether oxygens (including phenoxy) is 2. The van der Waals surface area contributed by atoms with Crippen LogP contribution in [0.5, 0.6) is 11.5 Å². The maximum atomic E-state index is 12.7. The Morgan fingerprint density at radius 2 is 1.79 bits per heavy atom. The fourth-order valence-corrected chi connectivity index (χ4v) is 3.06. The van der Waals surface area contributed by atoms with E-state index in [2.05, 4.69) is 28.6 Å². The number of carbonyl (C=O) groups is 1. The second-order valence-electron chi connectivity index (χ2n) is 6.69. The number of aryl methyl sites for hydroxylation is 2. The predicted molar refractivity (Wildman–Crippen MR) is 109 cm³/mol. The minimum Gasteiger partial charge on any atom is -0.486 e. The molecule has 0 aliphatic carbocycles. The molecule has 2 N–H and O–H groups in total. The quantitative estimate of drug-likeness (QED) is 0.704. The van der Waals surface area contributed by atoms with Crippen LogP contribution in [0.15, 0.2) is 54.7 Å². The number of benzene rings is 2. The fourth-order valence-electron chi connectivity index (χ4n) is 3.06. The molecule has 6 heteroatoms. The minimum absolute atomic E-state index is 0.220. The first kappa shape index (κ1) is 17.9. The van der Waals surface area contributed by atoms with E-state index >= 15 is 0 Å². The van der Waals surface area contributed by atoms with E-state index in [-0.39, 0.29) is 5.91 Å². The first-order chi connectivity index (χ1) is 13.6. The lowest BCUT2D eigenvalue weighted by atomic mass is 10.1. The molecular formula is C22H21N3O3. The molecule has 142 valence electrons. The Bertz CT molecular complexity index is 1030. The summed E-state index contributed by atoms with van der Waals surface area (Å²) in [6, 6.07) is 14.9. The van der Waals surface area contributed by atoms with Gasteiger partial charge in [0.05, 0.1) is 0 Å². The maximum absolute atomic E-state index is 12.7. The number of fused-ring (bicyclic) bond motifs is 1. The lowest BCUT2D eigenvalue weighted by Gasteiger charge is -2.19. The second kappa shape index (κ2) is 7.60. The van der Waals surface area contributed by atoms with Crippen LogP contribution in [0.25, 0.3) is 0 Å². The van der Waals surface area contributed by atoms with Crippen molar-refractivity contribution in [2.45, 2.75) is 13.8 Å². The molecule has 0 radical (unpaired) electrons. The predicted octanol–water partition coefficient (Wildman–Crippen LogP) is 4.47. The highest BCUT2D eigenvalue weighted by molar-refractivity contribution is 6.04. The van der Waals surface area contributed by atoms with Gasteiger partial charge in [-0.3, -0.25) is 4.79 Å². The van der Waals surface area contributed by atoms with E-state index < -0.39 is 0 Å². The number of aromatic nitrogens is 1. The van der Waals surface area contributed by atoms with E-state index in [4.69, 9.17) is 9.47 Å². The van der Waals surface area contributed by atoms with E-state index in [0.29, 0.717) is 41.8 Å². The van der Waals surface area contributed by atoms with E-state index in [1.165, 1.54) is 5.56 Å². The molecule has 1 aliphatic heterocycles. The summed E-state index contributed by atoms with van der Waals surface area (Å²) in [6.45, 7) is 5.12. The molecule has 1 aromatic heterocycles. The van der Waals surface area contributed by atoms with E-state index in [1.54, 1.807) is 36.5 Å². The number of rotatable bonds is 4. The minimum atomic E-state index is -0.220. The van der Waals surface area contributed by atoms with Gasteiger partial charge in [-0.05, 0) is 49.7 Å².